The molecule has 1 aliphatic carbocycles. The summed E-state index contributed by atoms with van der Waals surface area (Å²) in [7, 11) is 0. The summed E-state index contributed by atoms with van der Waals surface area (Å²) in [6.07, 6.45) is 5.56. The van der Waals surface area contributed by atoms with E-state index in [0.29, 0.717) is 0 Å². The van der Waals surface area contributed by atoms with Crippen LogP contribution in [0.3, 0.4) is 0 Å². The Labute approximate surface area is 124 Å². The quantitative estimate of drug-likeness (QED) is 0.816. The zero-order valence-electron chi connectivity index (χ0n) is 13.5. The van der Waals surface area contributed by atoms with E-state index in [1.165, 1.54) is 25.7 Å². The summed E-state index contributed by atoms with van der Waals surface area (Å²) in [6, 6.07) is 0.937. The van der Waals surface area contributed by atoms with Gasteiger partial charge in [-0.1, -0.05) is 33.6 Å². The molecular formula is C16H33N3O. The van der Waals surface area contributed by atoms with Gasteiger partial charge in [0.25, 0.3) is 0 Å². The second-order valence-electron chi connectivity index (χ2n) is 7.65. The number of aliphatic hydroxyl groups is 1. The molecule has 0 bridgehead atoms. The smallest absolute Gasteiger partial charge is 0.0602 e. The molecule has 0 spiro atoms. The van der Waals surface area contributed by atoms with Gasteiger partial charge >= 0.3 is 0 Å². The van der Waals surface area contributed by atoms with Gasteiger partial charge in [-0.05, 0) is 18.3 Å². The number of hydrogen-bond acceptors (Lipinski definition) is 4. The first-order valence-corrected chi connectivity index (χ1v) is 8.28. The van der Waals surface area contributed by atoms with Crippen LogP contribution in [0.25, 0.3) is 0 Å². The molecule has 0 amide bonds. The topological polar surface area (TPSA) is 52.7 Å². The SMILES string of the molecule is CC(C)(C)C(N)C(CO)N1CCN(C2CCCC2)CC1. The Morgan fingerprint density at radius 2 is 1.65 bits per heavy atom. The molecule has 1 heterocycles. The van der Waals surface area contributed by atoms with Crippen LogP contribution in [0.15, 0.2) is 0 Å². The van der Waals surface area contributed by atoms with Crippen LogP contribution in [0.2, 0.25) is 0 Å². The van der Waals surface area contributed by atoms with Crippen molar-refractivity contribution < 1.29 is 5.11 Å². The molecule has 4 nitrogen and oxygen atoms in total. The zero-order valence-corrected chi connectivity index (χ0v) is 13.5. The van der Waals surface area contributed by atoms with Crippen molar-refractivity contribution in [3.63, 3.8) is 0 Å². The molecule has 2 aliphatic rings. The number of aliphatic hydroxyl groups excluding tert-OH is 1. The van der Waals surface area contributed by atoms with Crippen LogP contribution < -0.4 is 5.73 Å². The highest BCUT2D eigenvalue weighted by atomic mass is 16.3. The molecule has 0 aromatic rings. The maximum atomic E-state index is 9.75. The van der Waals surface area contributed by atoms with Gasteiger partial charge in [0.1, 0.15) is 0 Å². The Bertz CT molecular complexity index is 289. The van der Waals surface area contributed by atoms with Gasteiger partial charge in [0.2, 0.25) is 0 Å². The molecule has 1 aliphatic heterocycles. The second-order valence-corrected chi connectivity index (χ2v) is 7.65. The summed E-state index contributed by atoms with van der Waals surface area (Å²) in [5, 5.41) is 9.75. The molecular weight excluding hydrogens is 250 g/mol. The van der Waals surface area contributed by atoms with E-state index in [0.717, 1.165) is 32.2 Å². The molecule has 0 aromatic heterocycles. The van der Waals surface area contributed by atoms with Crippen molar-refractivity contribution in [1.29, 1.82) is 0 Å². The van der Waals surface area contributed by atoms with E-state index >= 15 is 0 Å². The zero-order chi connectivity index (χ0) is 14.8. The van der Waals surface area contributed by atoms with Crippen LogP contribution in [0, 0.1) is 5.41 Å². The van der Waals surface area contributed by atoms with Gasteiger partial charge in [-0.15, -0.1) is 0 Å². The Morgan fingerprint density at radius 3 is 2.10 bits per heavy atom. The van der Waals surface area contributed by atoms with Crippen LogP contribution in [-0.4, -0.2) is 65.8 Å². The largest absolute Gasteiger partial charge is 0.395 e. The van der Waals surface area contributed by atoms with Crippen molar-refractivity contribution in [3.8, 4) is 0 Å². The maximum absolute atomic E-state index is 9.75. The second kappa shape index (κ2) is 6.73. The summed E-state index contributed by atoms with van der Waals surface area (Å²) in [6.45, 7) is 11.0. The van der Waals surface area contributed by atoms with E-state index < -0.39 is 0 Å². The molecule has 1 saturated heterocycles. The van der Waals surface area contributed by atoms with Crippen molar-refractivity contribution in [1.82, 2.24) is 9.80 Å². The monoisotopic (exact) mass is 283 g/mol. The van der Waals surface area contributed by atoms with E-state index in [-0.39, 0.29) is 24.1 Å². The molecule has 0 aromatic carbocycles. The highest BCUT2D eigenvalue weighted by Gasteiger charge is 2.35. The van der Waals surface area contributed by atoms with Gasteiger partial charge in [0.15, 0.2) is 0 Å². The van der Waals surface area contributed by atoms with Crippen LogP contribution in [-0.2, 0) is 0 Å². The van der Waals surface area contributed by atoms with Crippen molar-refractivity contribution in [2.75, 3.05) is 32.8 Å². The Morgan fingerprint density at radius 1 is 1.10 bits per heavy atom. The summed E-state index contributed by atoms with van der Waals surface area (Å²) in [4.78, 5) is 5.06. The molecule has 4 heteroatoms. The summed E-state index contributed by atoms with van der Waals surface area (Å²) in [5.74, 6) is 0. The first-order valence-electron chi connectivity index (χ1n) is 8.28. The highest BCUT2D eigenvalue weighted by Crippen LogP contribution is 2.26. The lowest BCUT2D eigenvalue weighted by Gasteiger charge is -2.45. The molecule has 2 atom stereocenters. The minimum absolute atomic E-state index is 0.0190. The third-order valence-corrected chi connectivity index (χ3v) is 5.26. The normalized spacial score (nSPS) is 26.9. The highest BCUT2D eigenvalue weighted by molar-refractivity contribution is 4.92. The average Bonchev–Trinajstić information content (AvgIpc) is 2.93. The van der Waals surface area contributed by atoms with Gasteiger partial charge in [-0.25, -0.2) is 0 Å². The van der Waals surface area contributed by atoms with Crippen LogP contribution >= 0.6 is 0 Å². The maximum Gasteiger partial charge on any atom is 0.0602 e. The van der Waals surface area contributed by atoms with Crippen LogP contribution in [0.4, 0.5) is 0 Å². The Balaban J connectivity index is 1.87. The van der Waals surface area contributed by atoms with Gasteiger partial charge in [0, 0.05) is 44.3 Å². The molecule has 0 radical (unpaired) electrons. The van der Waals surface area contributed by atoms with Crippen molar-refractivity contribution in [2.45, 2.75) is 64.6 Å². The number of rotatable bonds is 4. The van der Waals surface area contributed by atoms with Gasteiger partial charge < -0.3 is 10.8 Å². The van der Waals surface area contributed by atoms with E-state index in [1.54, 1.807) is 0 Å². The summed E-state index contributed by atoms with van der Waals surface area (Å²) in [5.41, 5.74) is 6.42. The van der Waals surface area contributed by atoms with Gasteiger partial charge in [-0.3, -0.25) is 9.80 Å². The van der Waals surface area contributed by atoms with E-state index in [4.69, 9.17) is 5.73 Å². The lowest BCUT2D eigenvalue weighted by molar-refractivity contribution is 0.0214. The van der Waals surface area contributed by atoms with Crippen molar-refractivity contribution in [2.24, 2.45) is 11.1 Å². The fourth-order valence-electron chi connectivity index (χ4n) is 3.74. The van der Waals surface area contributed by atoms with Crippen LogP contribution in [0.5, 0.6) is 0 Å². The lowest BCUT2D eigenvalue weighted by atomic mass is 9.82. The van der Waals surface area contributed by atoms with Crippen molar-refractivity contribution in [3.05, 3.63) is 0 Å². The van der Waals surface area contributed by atoms with Crippen LogP contribution in [0.1, 0.15) is 46.5 Å². The number of nitrogens with zero attached hydrogens (tertiary/aromatic N) is 2. The fraction of sp³-hybridized carbons (Fsp3) is 1.00. The minimum atomic E-state index is 0.0190. The molecule has 3 N–H and O–H groups in total. The molecule has 1 saturated carbocycles. The Kier molecular flexibility index (Phi) is 5.46. The third-order valence-electron chi connectivity index (χ3n) is 5.26. The summed E-state index contributed by atoms with van der Waals surface area (Å²) < 4.78 is 0. The van der Waals surface area contributed by atoms with Crippen molar-refractivity contribution >= 4 is 0 Å². The van der Waals surface area contributed by atoms with E-state index in [2.05, 4.69) is 30.6 Å². The molecule has 2 rings (SSSR count). The number of hydrogen-bond donors (Lipinski definition) is 2. The van der Waals surface area contributed by atoms with E-state index in [9.17, 15) is 5.11 Å². The number of piperazine rings is 1. The summed E-state index contributed by atoms with van der Waals surface area (Å²) >= 11 is 0. The van der Waals surface area contributed by atoms with Gasteiger partial charge in [-0.2, -0.15) is 0 Å². The Hall–Kier alpha value is -0.160. The van der Waals surface area contributed by atoms with Gasteiger partial charge in [0.05, 0.1) is 6.61 Å². The lowest BCUT2D eigenvalue weighted by Crippen LogP contribution is -2.60. The van der Waals surface area contributed by atoms with E-state index in [1.807, 2.05) is 0 Å². The average molecular weight is 283 g/mol. The first-order chi connectivity index (χ1) is 9.43. The standard InChI is InChI=1S/C16H33N3O/c1-16(2,3)15(17)14(12-20)19-10-8-18(9-11-19)13-6-4-5-7-13/h13-15,20H,4-12,17H2,1-3H3. The molecule has 20 heavy (non-hydrogen) atoms. The number of nitrogens with two attached hydrogens (primary N) is 1. The molecule has 2 unspecified atom stereocenters. The predicted octanol–water partition coefficient (Wildman–Crippen LogP) is 1.28. The molecule has 118 valence electrons. The molecule has 2 fully saturated rings. The third kappa shape index (κ3) is 3.73. The minimum Gasteiger partial charge on any atom is -0.395 e. The predicted molar refractivity (Wildman–Crippen MR) is 83.7 cm³/mol. The first kappa shape index (κ1) is 16.2. The fourth-order valence-corrected chi connectivity index (χ4v) is 3.74.